The smallest absolute Gasteiger partial charge is 0.240 e. The van der Waals surface area contributed by atoms with Crippen molar-refractivity contribution in [3.05, 3.63) is 357 Å². The Morgan fingerprint density at radius 1 is 0.242 bits per heavy atom. The minimum Gasteiger partial charge on any atom is -0.310 e. The van der Waals surface area contributed by atoms with Crippen molar-refractivity contribution >= 4 is 117 Å². The molecule has 99 heavy (non-hydrogen) atoms. The molecule has 0 spiro atoms. The summed E-state index contributed by atoms with van der Waals surface area (Å²) in [6, 6.07) is 124. The minimum atomic E-state index is -0.414. The van der Waals surface area contributed by atoms with Crippen LogP contribution in [0, 0.1) is 0 Å². The first-order chi connectivity index (χ1) is 48.9. The molecule has 0 aliphatic heterocycles. The zero-order chi connectivity index (χ0) is 65.7. The molecule has 4 heterocycles. The van der Waals surface area contributed by atoms with Gasteiger partial charge < -0.3 is 19.3 Å². The summed E-state index contributed by atoms with van der Waals surface area (Å²) in [5.41, 5.74) is 22.4. The van der Waals surface area contributed by atoms with Gasteiger partial charge in [-0.05, 0) is 186 Å². The number of nitrogens with zero attached hydrogens (tertiary/aromatic N) is 9. The van der Waals surface area contributed by atoms with E-state index < -0.39 is 5.41 Å². The van der Waals surface area contributed by atoms with E-state index >= 15 is 0 Å². The Balaban J connectivity index is 0.775. The van der Waals surface area contributed by atoms with Crippen molar-refractivity contribution in [2.45, 2.75) is 19.3 Å². The van der Waals surface area contributed by atoms with Gasteiger partial charge in [-0.25, -0.2) is 0 Å². The maximum absolute atomic E-state index is 5.68. The number of fused-ring (bicyclic) bond motifs is 12. The third kappa shape index (κ3) is 9.42. The fraction of sp³-hybridized carbons (Fsp3) is 0.0333. The van der Waals surface area contributed by atoms with Gasteiger partial charge >= 0.3 is 0 Å². The van der Waals surface area contributed by atoms with E-state index in [4.69, 9.17) is 15.0 Å². The quantitative estimate of drug-likeness (QED) is 0.115. The van der Waals surface area contributed by atoms with Crippen LogP contribution in [0.15, 0.2) is 346 Å². The molecule has 0 atom stereocenters. The second-order valence-corrected chi connectivity index (χ2v) is 26.1. The zero-order valence-corrected chi connectivity index (χ0v) is 54.4. The first-order valence-corrected chi connectivity index (χ1v) is 33.8. The summed E-state index contributed by atoms with van der Waals surface area (Å²) >= 11 is 0. The molecule has 0 radical (unpaired) electrons. The van der Waals surface area contributed by atoms with Gasteiger partial charge in [0.2, 0.25) is 11.9 Å². The third-order valence-corrected chi connectivity index (χ3v) is 20.0. The molecule has 4 aromatic heterocycles. The van der Waals surface area contributed by atoms with Crippen molar-refractivity contribution in [3.63, 3.8) is 0 Å². The van der Waals surface area contributed by atoms with Crippen LogP contribution in [0.25, 0.3) is 106 Å². The zero-order valence-electron chi connectivity index (χ0n) is 54.4. The van der Waals surface area contributed by atoms with E-state index in [0.717, 1.165) is 117 Å². The Bertz CT molecular complexity index is 5800. The summed E-state index contributed by atoms with van der Waals surface area (Å²) in [5, 5.41) is 6.72. The Labute approximate surface area is 572 Å². The predicted octanol–water partition coefficient (Wildman–Crippen LogP) is 23.5. The summed E-state index contributed by atoms with van der Waals surface area (Å²) in [7, 11) is 0. The predicted molar refractivity (Wildman–Crippen MR) is 410 cm³/mol. The van der Waals surface area contributed by atoms with Crippen LogP contribution in [0.4, 0.5) is 51.2 Å². The van der Waals surface area contributed by atoms with Crippen LogP contribution in [-0.2, 0) is 5.41 Å². The highest BCUT2D eigenvalue weighted by Crippen LogP contribution is 2.52. The van der Waals surface area contributed by atoms with Crippen LogP contribution < -0.4 is 14.7 Å². The highest BCUT2D eigenvalue weighted by atomic mass is 15.3. The third-order valence-electron chi connectivity index (χ3n) is 20.0. The fourth-order valence-electron chi connectivity index (χ4n) is 15.5. The molecular weight excluding hydrogens is 1210 g/mol. The van der Waals surface area contributed by atoms with Crippen LogP contribution in [0.1, 0.15) is 25.0 Å². The molecule has 9 nitrogen and oxygen atoms in total. The van der Waals surface area contributed by atoms with E-state index in [1.165, 1.54) is 33.0 Å². The minimum absolute atomic E-state index is 0.414. The SMILES string of the molecule is CC1(C)c2cc(-c3nc(-n4c5ccccc5c5cc(N(c6ccccc6)c6ccccc6)ccc54)nc(-n4c5ccccc5c5cc(N(c6ccccc6)c6ccccc6)ccc54)n3)ccc2-c2ccc(-n3c4ccccc4c4cc(N(c5ccccc5)c5ccccc5)ccc43)cc21. The highest BCUT2D eigenvalue weighted by Gasteiger charge is 2.37. The van der Waals surface area contributed by atoms with Crippen LogP contribution in [0.3, 0.4) is 0 Å². The summed E-state index contributed by atoms with van der Waals surface area (Å²) < 4.78 is 6.90. The number of hydrogen-bond donors (Lipinski definition) is 0. The largest absolute Gasteiger partial charge is 0.310 e. The molecule has 0 amide bonds. The summed E-state index contributed by atoms with van der Waals surface area (Å²) in [5.74, 6) is 1.59. The molecule has 14 aromatic carbocycles. The molecule has 0 saturated heterocycles. The van der Waals surface area contributed by atoms with Crippen LogP contribution in [-0.4, -0.2) is 28.7 Å². The lowest BCUT2D eigenvalue weighted by Crippen LogP contribution is -2.16. The van der Waals surface area contributed by atoms with Gasteiger partial charge in [-0.15, -0.1) is 0 Å². The Morgan fingerprint density at radius 3 is 0.919 bits per heavy atom. The van der Waals surface area contributed by atoms with E-state index in [0.29, 0.717) is 17.7 Å². The van der Waals surface area contributed by atoms with Gasteiger partial charge in [0.1, 0.15) is 0 Å². The molecule has 18 aromatic rings. The normalized spacial score (nSPS) is 12.4. The number of aromatic nitrogens is 6. The lowest BCUT2D eigenvalue weighted by atomic mass is 9.82. The average molecular weight is 1270 g/mol. The van der Waals surface area contributed by atoms with Crippen molar-refractivity contribution in [2.75, 3.05) is 14.7 Å². The lowest BCUT2D eigenvalue weighted by Gasteiger charge is -2.25. The van der Waals surface area contributed by atoms with Crippen molar-refractivity contribution in [2.24, 2.45) is 0 Å². The Kier molecular flexibility index (Phi) is 13.4. The fourth-order valence-corrected chi connectivity index (χ4v) is 15.5. The summed E-state index contributed by atoms with van der Waals surface area (Å²) in [6.07, 6.45) is 0. The van der Waals surface area contributed by atoms with E-state index in [1.54, 1.807) is 0 Å². The van der Waals surface area contributed by atoms with E-state index in [-0.39, 0.29) is 0 Å². The topological polar surface area (TPSA) is 63.2 Å². The van der Waals surface area contributed by atoms with Gasteiger partial charge in [-0.2, -0.15) is 15.0 Å². The lowest BCUT2D eigenvalue weighted by molar-refractivity contribution is 0.660. The Hall–Kier alpha value is -13.1. The number of para-hydroxylation sites is 9. The molecule has 468 valence electrons. The standard InChI is InChI=1S/C90H63N9/c1-90(2)79-55-60(45-50-71(79)72-51-46-70(59-80(72)90)97-81-42-24-21-39-73(81)76-56-67(47-52-84(76)97)94(61-27-9-3-10-28-61)62-29-11-4-12-30-62)87-91-88(98-82-43-25-22-40-74(82)77-57-68(48-53-85(77)98)95(63-31-13-5-14-32-63)64-33-15-6-16-34-64)93-89(92-87)99-83-44-26-23-41-75(83)78-58-69(49-54-86(78)99)96(65-35-17-7-18-36-65)66-37-19-8-20-38-66/h3-59H,1-2H3. The van der Waals surface area contributed by atoms with Crippen molar-refractivity contribution in [1.29, 1.82) is 0 Å². The molecule has 1 aliphatic rings. The molecule has 1 aliphatic carbocycles. The maximum Gasteiger partial charge on any atom is 0.240 e. The van der Waals surface area contributed by atoms with Gasteiger partial charge in [0, 0.05) is 100 Å². The second-order valence-electron chi connectivity index (χ2n) is 26.1. The van der Waals surface area contributed by atoms with Crippen LogP contribution in [0.5, 0.6) is 0 Å². The van der Waals surface area contributed by atoms with Gasteiger partial charge in [0.15, 0.2) is 5.82 Å². The van der Waals surface area contributed by atoms with Crippen molar-refractivity contribution in [1.82, 2.24) is 28.7 Å². The van der Waals surface area contributed by atoms with Crippen LogP contribution in [0.2, 0.25) is 0 Å². The van der Waals surface area contributed by atoms with E-state index in [1.807, 2.05) is 0 Å². The van der Waals surface area contributed by atoms with Crippen LogP contribution >= 0.6 is 0 Å². The summed E-state index contributed by atoms with van der Waals surface area (Å²) in [4.78, 5) is 24.0. The Morgan fingerprint density at radius 2 is 0.545 bits per heavy atom. The number of hydrogen-bond acceptors (Lipinski definition) is 6. The first-order valence-electron chi connectivity index (χ1n) is 33.8. The van der Waals surface area contributed by atoms with Gasteiger partial charge in [0.05, 0.1) is 33.1 Å². The highest BCUT2D eigenvalue weighted by molar-refractivity contribution is 6.13. The molecule has 0 unspecified atom stereocenters. The number of anilines is 9. The van der Waals surface area contributed by atoms with Gasteiger partial charge in [-0.1, -0.05) is 196 Å². The number of rotatable bonds is 13. The molecule has 0 N–H and O–H groups in total. The maximum atomic E-state index is 5.68. The first kappa shape index (κ1) is 57.3. The molecule has 0 fully saturated rings. The monoisotopic (exact) mass is 1270 g/mol. The van der Waals surface area contributed by atoms with Crippen molar-refractivity contribution in [3.8, 4) is 40.1 Å². The molecular formula is C90H63N9. The molecule has 0 bridgehead atoms. The second kappa shape index (κ2) is 23.1. The van der Waals surface area contributed by atoms with Crippen molar-refractivity contribution < 1.29 is 0 Å². The van der Waals surface area contributed by atoms with Gasteiger partial charge in [0.25, 0.3) is 0 Å². The van der Waals surface area contributed by atoms with Gasteiger partial charge in [-0.3, -0.25) is 9.13 Å². The molecule has 9 heteroatoms. The number of benzene rings is 14. The molecule has 19 rings (SSSR count). The average Bonchev–Trinajstić information content (AvgIpc) is 1.58. The summed E-state index contributed by atoms with van der Waals surface area (Å²) in [6.45, 7) is 4.73. The van der Waals surface area contributed by atoms with E-state index in [2.05, 4.69) is 388 Å². The molecule has 0 saturated carbocycles. The van der Waals surface area contributed by atoms with E-state index in [9.17, 15) is 0 Å².